The summed E-state index contributed by atoms with van der Waals surface area (Å²) in [5, 5.41) is 0. The summed E-state index contributed by atoms with van der Waals surface area (Å²) in [6.07, 6.45) is 1.79. The van der Waals surface area contributed by atoms with E-state index in [0.717, 1.165) is 56.2 Å². The molecular formula is C23H21NO3. The molecule has 0 amide bonds. The zero-order chi connectivity index (χ0) is 19.0. The SMILES string of the molecule is COc1ccc(-c2oc3cccnc3c2-c2ccc(OC)c(C)c2)cc1C. The van der Waals surface area contributed by atoms with Crippen LogP contribution in [0.1, 0.15) is 11.1 Å². The van der Waals surface area contributed by atoms with Gasteiger partial charge in [0.1, 0.15) is 22.8 Å². The Morgan fingerprint density at radius 1 is 0.815 bits per heavy atom. The lowest BCUT2D eigenvalue weighted by Gasteiger charge is -2.10. The van der Waals surface area contributed by atoms with Gasteiger partial charge in [0.05, 0.1) is 19.8 Å². The summed E-state index contributed by atoms with van der Waals surface area (Å²) < 4.78 is 17.0. The standard InChI is InChI=1S/C23H21NO3/c1-14-12-16(7-9-18(14)25-3)21-22-20(6-5-11-24-22)27-23(21)17-8-10-19(26-4)15(2)13-17/h5-13H,1-4H3. The van der Waals surface area contributed by atoms with Gasteiger partial charge in [0.15, 0.2) is 5.58 Å². The topological polar surface area (TPSA) is 44.5 Å². The Hall–Kier alpha value is -3.27. The summed E-state index contributed by atoms with van der Waals surface area (Å²) in [4.78, 5) is 4.58. The fraction of sp³-hybridized carbons (Fsp3) is 0.174. The Balaban J connectivity index is 1.98. The Kier molecular flexibility index (Phi) is 4.32. The van der Waals surface area contributed by atoms with Crippen molar-refractivity contribution in [3.8, 4) is 33.9 Å². The van der Waals surface area contributed by atoms with Gasteiger partial charge >= 0.3 is 0 Å². The Bertz CT molecular complexity index is 1130. The normalized spacial score (nSPS) is 11.0. The Morgan fingerprint density at radius 2 is 1.44 bits per heavy atom. The molecule has 4 nitrogen and oxygen atoms in total. The van der Waals surface area contributed by atoms with Crippen LogP contribution in [0.2, 0.25) is 0 Å². The lowest BCUT2D eigenvalue weighted by molar-refractivity contribution is 0.411. The molecule has 0 radical (unpaired) electrons. The van der Waals surface area contributed by atoms with Gasteiger partial charge in [0.2, 0.25) is 0 Å². The predicted octanol–water partition coefficient (Wildman–Crippen LogP) is 5.80. The first-order chi connectivity index (χ1) is 13.1. The van der Waals surface area contributed by atoms with E-state index in [-0.39, 0.29) is 0 Å². The smallest absolute Gasteiger partial charge is 0.153 e. The van der Waals surface area contributed by atoms with Crippen LogP contribution in [-0.4, -0.2) is 19.2 Å². The minimum Gasteiger partial charge on any atom is -0.496 e. The number of furan rings is 1. The molecule has 4 heteroatoms. The lowest BCUT2D eigenvalue weighted by atomic mass is 9.98. The molecule has 0 aliphatic rings. The van der Waals surface area contributed by atoms with Crippen LogP contribution < -0.4 is 9.47 Å². The number of benzene rings is 2. The number of nitrogens with zero attached hydrogens (tertiary/aromatic N) is 1. The molecular weight excluding hydrogens is 338 g/mol. The quantitative estimate of drug-likeness (QED) is 0.462. The second-order valence-corrected chi connectivity index (χ2v) is 6.53. The average Bonchev–Trinajstić information content (AvgIpc) is 3.07. The van der Waals surface area contributed by atoms with Crippen LogP contribution in [0.4, 0.5) is 0 Å². The first kappa shape index (κ1) is 17.2. The fourth-order valence-electron chi connectivity index (χ4n) is 3.45. The van der Waals surface area contributed by atoms with E-state index in [0.29, 0.717) is 0 Å². The third kappa shape index (κ3) is 2.93. The largest absolute Gasteiger partial charge is 0.496 e. The summed E-state index contributed by atoms with van der Waals surface area (Å²) in [6, 6.07) is 16.0. The van der Waals surface area contributed by atoms with Crippen molar-refractivity contribution >= 4 is 11.1 Å². The number of methoxy groups -OCH3 is 2. The highest BCUT2D eigenvalue weighted by atomic mass is 16.5. The van der Waals surface area contributed by atoms with Crippen molar-refractivity contribution in [3.63, 3.8) is 0 Å². The molecule has 136 valence electrons. The van der Waals surface area contributed by atoms with E-state index >= 15 is 0 Å². The second kappa shape index (κ2) is 6.80. The first-order valence-electron chi connectivity index (χ1n) is 8.80. The molecule has 0 N–H and O–H groups in total. The van der Waals surface area contributed by atoms with Crippen LogP contribution >= 0.6 is 0 Å². The van der Waals surface area contributed by atoms with Gasteiger partial charge in [-0.15, -0.1) is 0 Å². The molecule has 0 bridgehead atoms. The minimum absolute atomic E-state index is 0.768. The van der Waals surface area contributed by atoms with E-state index in [4.69, 9.17) is 13.9 Å². The number of fused-ring (bicyclic) bond motifs is 1. The van der Waals surface area contributed by atoms with Crippen molar-refractivity contribution in [2.75, 3.05) is 14.2 Å². The number of hydrogen-bond acceptors (Lipinski definition) is 4. The summed E-state index contributed by atoms with van der Waals surface area (Å²) in [5.74, 6) is 2.52. The van der Waals surface area contributed by atoms with E-state index in [1.165, 1.54) is 0 Å². The van der Waals surface area contributed by atoms with Crippen molar-refractivity contribution in [2.45, 2.75) is 13.8 Å². The fourth-order valence-corrected chi connectivity index (χ4v) is 3.45. The van der Waals surface area contributed by atoms with Crippen LogP contribution in [0.15, 0.2) is 59.1 Å². The number of rotatable bonds is 4. The molecule has 0 fully saturated rings. The zero-order valence-electron chi connectivity index (χ0n) is 15.9. The molecule has 2 aromatic heterocycles. The van der Waals surface area contributed by atoms with E-state index in [2.05, 4.69) is 17.1 Å². The number of aryl methyl sites for hydroxylation is 2. The summed E-state index contributed by atoms with van der Waals surface area (Å²) in [6.45, 7) is 4.07. The maximum Gasteiger partial charge on any atom is 0.153 e. The van der Waals surface area contributed by atoms with E-state index < -0.39 is 0 Å². The van der Waals surface area contributed by atoms with Crippen molar-refractivity contribution in [1.29, 1.82) is 0 Å². The van der Waals surface area contributed by atoms with Crippen molar-refractivity contribution in [1.82, 2.24) is 4.98 Å². The third-order valence-electron chi connectivity index (χ3n) is 4.79. The van der Waals surface area contributed by atoms with Crippen LogP contribution in [0.5, 0.6) is 11.5 Å². The first-order valence-corrected chi connectivity index (χ1v) is 8.80. The number of aromatic nitrogens is 1. The Morgan fingerprint density at radius 3 is 2.07 bits per heavy atom. The molecule has 4 aromatic rings. The number of pyridine rings is 1. The molecule has 0 aliphatic heterocycles. The molecule has 4 rings (SSSR count). The molecule has 2 heterocycles. The van der Waals surface area contributed by atoms with Crippen LogP contribution in [0.25, 0.3) is 33.6 Å². The third-order valence-corrected chi connectivity index (χ3v) is 4.79. The van der Waals surface area contributed by atoms with Gasteiger partial charge in [0, 0.05) is 11.8 Å². The van der Waals surface area contributed by atoms with Gasteiger partial charge in [-0.25, -0.2) is 0 Å². The molecule has 0 unspecified atom stereocenters. The van der Waals surface area contributed by atoms with Gasteiger partial charge in [-0.1, -0.05) is 6.07 Å². The maximum atomic E-state index is 6.23. The van der Waals surface area contributed by atoms with Crippen molar-refractivity contribution in [3.05, 3.63) is 65.9 Å². The molecule has 0 aliphatic carbocycles. The van der Waals surface area contributed by atoms with Crippen molar-refractivity contribution in [2.24, 2.45) is 0 Å². The molecule has 0 atom stereocenters. The summed E-state index contributed by atoms with van der Waals surface area (Å²) in [7, 11) is 3.36. The molecule has 0 spiro atoms. The van der Waals surface area contributed by atoms with Gasteiger partial charge < -0.3 is 13.9 Å². The summed E-state index contributed by atoms with van der Waals surface area (Å²) in [5.41, 5.74) is 6.78. The van der Waals surface area contributed by atoms with Crippen molar-refractivity contribution < 1.29 is 13.9 Å². The predicted molar refractivity (Wildman–Crippen MR) is 107 cm³/mol. The van der Waals surface area contributed by atoms with E-state index in [1.807, 2.05) is 50.2 Å². The second-order valence-electron chi connectivity index (χ2n) is 6.53. The lowest BCUT2D eigenvalue weighted by Crippen LogP contribution is -1.90. The highest BCUT2D eigenvalue weighted by Crippen LogP contribution is 2.41. The van der Waals surface area contributed by atoms with Crippen LogP contribution in [0.3, 0.4) is 0 Å². The maximum absolute atomic E-state index is 6.23. The van der Waals surface area contributed by atoms with Gasteiger partial charge in [-0.3, -0.25) is 4.98 Å². The highest BCUT2D eigenvalue weighted by Gasteiger charge is 2.20. The molecule has 2 aromatic carbocycles. The monoisotopic (exact) mass is 359 g/mol. The van der Waals surface area contributed by atoms with Crippen LogP contribution in [0, 0.1) is 13.8 Å². The number of ether oxygens (including phenoxy) is 2. The summed E-state index contributed by atoms with van der Waals surface area (Å²) >= 11 is 0. The molecule has 27 heavy (non-hydrogen) atoms. The average molecular weight is 359 g/mol. The molecule has 0 saturated carbocycles. The Labute approximate surface area is 158 Å². The van der Waals surface area contributed by atoms with E-state index in [1.54, 1.807) is 20.4 Å². The zero-order valence-corrected chi connectivity index (χ0v) is 15.9. The highest BCUT2D eigenvalue weighted by molar-refractivity contribution is 5.99. The van der Waals surface area contributed by atoms with E-state index in [9.17, 15) is 0 Å². The molecule has 0 saturated heterocycles. The van der Waals surface area contributed by atoms with Gasteiger partial charge in [-0.05, 0) is 73.0 Å². The van der Waals surface area contributed by atoms with Gasteiger partial charge in [-0.2, -0.15) is 0 Å². The van der Waals surface area contributed by atoms with Crippen LogP contribution in [-0.2, 0) is 0 Å². The van der Waals surface area contributed by atoms with Gasteiger partial charge in [0.25, 0.3) is 0 Å². The number of hydrogen-bond donors (Lipinski definition) is 0. The minimum atomic E-state index is 0.768.